The predicted molar refractivity (Wildman–Crippen MR) is 67.9 cm³/mol. The second-order valence-electron chi connectivity index (χ2n) is 5.11. The van der Waals surface area contributed by atoms with Crippen LogP contribution in [-0.2, 0) is 11.7 Å². The van der Waals surface area contributed by atoms with Crippen LogP contribution >= 0.6 is 0 Å². The molecule has 0 aliphatic rings. The van der Waals surface area contributed by atoms with Crippen molar-refractivity contribution < 1.29 is 27.5 Å². The fourth-order valence-corrected chi connectivity index (χ4v) is 1.44. The Balaban J connectivity index is 0.000000235. The zero-order chi connectivity index (χ0) is 16.3. The first-order valence-corrected chi connectivity index (χ1v) is 5.90. The van der Waals surface area contributed by atoms with Crippen LogP contribution < -0.4 is 0 Å². The number of aromatic nitrogens is 2. The first-order chi connectivity index (χ1) is 9.53. The number of hydrogen-bond acceptors (Lipinski definition) is 3. The Hall–Kier alpha value is -2.25. The number of hydrogen-bond donors (Lipinski definition) is 1. The van der Waals surface area contributed by atoms with E-state index < -0.39 is 23.4 Å². The van der Waals surface area contributed by atoms with Crippen molar-refractivity contribution in [1.82, 2.24) is 9.78 Å². The minimum Gasteiger partial charge on any atom is -0.478 e. The summed E-state index contributed by atoms with van der Waals surface area (Å²) < 4.78 is 42.5. The van der Waals surface area contributed by atoms with Gasteiger partial charge in [-0.25, -0.2) is 4.79 Å². The highest BCUT2D eigenvalue weighted by molar-refractivity contribution is 5.86. The van der Waals surface area contributed by atoms with Gasteiger partial charge < -0.3 is 9.52 Å². The van der Waals surface area contributed by atoms with Gasteiger partial charge in [-0.05, 0) is 32.9 Å². The zero-order valence-electron chi connectivity index (χ0n) is 11.7. The van der Waals surface area contributed by atoms with Gasteiger partial charge in [0.15, 0.2) is 0 Å². The Kier molecular flexibility index (Phi) is 4.82. The number of furan rings is 1. The van der Waals surface area contributed by atoms with Gasteiger partial charge in [0.05, 0.1) is 17.4 Å². The Bertz CT molecular complexity index is 552. The largest absolute Gasteiger partial charge is 0.478 e. The van der Waals surface area contributed by atoms with Crippen molar-refractivity contribution in [3.05, 3.63) is 42.1 Å². The van der Waals surface area contributed by atoms with Crippen LogP contribution in [0.4, 0.5) is 13.2 Å². The van der Waals surface area contributed by atoms with Crippen LogP contribution in [0.5, 0.6) is 0 Å². The molecule has 0 bridgehead atoms. The van der Waals surface area contributed by atoms with Crippen molar-refractivity contribution in [3.8, 4) is 0 Å². The molecule has 2 aromatic heterocycles. The van der Waals surface area contributed by atoms with Crippen LogP contribution in [0.3, 0.4) is 0 Å². The van der Waals surface area contributed by atoms with E-state index in [-0.39, 0.29) is 5.56 Å². The van der Waals surface area contributed by atoms with Crippen LogP contribution in [0.15, 0.2) is 35.3 Å². The Morgan fingerprint density at radius 3 is 2.19 bits per heavy atom. The van der Waals surface area contributed by atoms with E-state index in [4.69, 9.17) is 5.11 Å². The minimum absolute atomic E-state index is 0.185. The van der Waals surface area contributed by atoms with Gasteiger partial charge in [-0.15, -0.1) is 0 Å². The van der Waals surface area contributed by atoms with E-state index in [1.165, 1.54) is 18.6 Å². The van der Waals surface area contributed by atoms with E-state index in [9.17, 15) is 18.0 Å². The highest BCUT2D eigenvalue weighted by atomic mass is 19.4. The van der Waals surface area contributed by atoms with Crippen molar-refractivity contribution in [2.24, 2.45) is 0 Å². The molecule has 0 saturated carbocycles. The lowest BCUT2D eigenvalue weighted by atomic mass is 10.1. The molecular weight excluding hydrogens is 289 g/mol. The number of nitrogens with zero attached hydrogens (tertiary/aromatic N) is 2. The van der Waals surface area contributed by atoms with Gasteiger partial charge in [0.25, 0.3) is 0 Å². The Labute approximate surface area is 119 Å². The first kappa shape index (κ1) is 16.8. The average Bonchev–Trinajstić information content (AvgIpc) is 3.00. The molecule has 0 fully saturated rings. The van der Waals surface area contributed by atoms with Gasteiger partial charge in [-0.1, -0.05) is 0 Å². The molecule has 0 radical (unpaired) electrons. The van der Waals surface area contributed by atoms with Crippen LogP contribution in [0.1, 0.15) is 36.8 Å². The van der Waals surface area contributed by atoms with Crippen LogP contribution in [0.25, 0.3) is 0 Å². The fraction of sp³-hybridized carbons (Fsp3) is 0.385. The van der Waals surface area contributed by atoms with Gasteiger partial charge in [-0.2, -0.15) is 18.3 Å². The van der Waals surface area contributed by atoms with Gasteiger partial charge in [0.1, 0.15) is 12.0 Å². The second kappa shape index (κ2) is 6.02. The molecule has 0 aliphatic heterocycles. The van der Waals surface area contributed by atoms with E-state index in [0.29, 0.717) is 0 Å². The van der Waals surface area contributed by atoms with E-state index in [1.807, 2.05) is 0 Å². The minimum atomic E-state index is -4.33. The third kappa shape index (κ3) is 4.66. The SMILES string of the molecule is CC(C)(C)n1nccc1C(F)(F)F.O=C(O)c1ccoc1. The predicted octanol–water partition coefficient (Wildman–Crippen LogP) is 3.63. The number of alkyl halides is 3. The molecule has 0 saturated heterocycles. The molecule has 21 heavy (non-hydrogen) atoms. The Morgan fingerprint density at radius 2 is 1.90 bits per heavy atom. The summed E-state index contributed by atoms with van der Waals surface area (Å²) in [5, 5.41) is 11.9. The molecule has 116 valence electrons. The number of rotatable bonds is 1. The van der Waals surface area contributed by atoms with Crippen molar-refractivity contribution in [2.45, 2.75) is 32.5 Å². The van der Waals surface area contributed by atoms with E-state index in [2.05, 4.69) is 9.52 Å². The summed E-state index contributed by atoms with van der Waals surface area (Å²) in [5.41, 5.74) is -1.17. The van der Waals surface area contributed by atoms with Crippen molar-refractivity contribution >= 4 is 5.97 Å². The maximum atomic E-state index is 12.4. The third-order valence-electron chi connectivity index (χ3n) is 2.34. The van der Waals surface area contributed by atoms with Gasteiger partial charge in [0, 0.05) is 6.20 Å². The average molecular weight is 304 g/mol. The second-order valence-corrected chi connectivity index (χ2v) is 5.11. The maximum absolute atomic E-state index is 12.4. The molecule has 1 N–H and O–H groups in total. The van der Waals surface area contributed by atoms with Crippen molar-refractivity contribution in [1.29, 1.82) is 0 Å². The lowest BCUT2D eigenvalue weighted by molar-refractivity contribution is -0.146. The third-order valence-corrected chi connectivity index (χ3v) is 2.34. The maximum Gasteiger partial charge on any atom is 0.433 e. The molecule has 0 aliphatic carbocycles. The summed E-state index contributed by atoms with van der Waals surface area (Å²) in [6, 6.07) is 2.37. The molecule has 0 aromatic carbocycles. The fourth-order valence-electron chi connectivity index (χ4n) is 1.44. The summed E-state index contributed by atoms with van der Waals surface area (Å²) in [6.45, 7) is 5.03. The highest BCUT2D eigenvalue weighted by Gasteiger charge is 2.37. The molecule has 2 heterocycles. The molecular formula is C13H15F3N2O3. The molecule has 0 unspecified atom stereocenters. The van der Waals surface area contributed by atoms with Crippen LogP contribution in [0.2, 0.25) is 0 Å². The Morgan fingerprint density at radius 1 is 1.29 bits per heavy atom. The highest BCUT2D eigenvalue weighted by Crippen LogP contribution is 2.31. The lowest BCUT2D eigenvalue weighted by Crippen LogP contribution is -2.28. The zero-order valence-corrected chi connectivity index (χ0v) is 11.7. The van der Waals surface area contributed by atoms with Gasteiger partial charge in [-0.3, -0.25) is 4.68 Å². The number of halogens is 3. The topological polar surface area (TPSA) is 68.3 Å². The van der Waals surface area contributed by atoms with Crippen LogP contribution in [-0.4, -0.2) is 20.9 Å². The van der Waals surface area contributed by atoms with Gasteiger partial charge in [0.2, 0.25) is 0 Å². The summed E-state index contributed by atoms with van der Waals surface area (Å²) >= 11 is 0. The summed E-state index contributed by atoms with van der Waals surface area (Å²) in [7, 11) is 0. The molecule has 2 aromatic rings. The molecule has 5 nitrogen and oxygen atoms in total. The number of carboxylic acid groups (broad SMARTS) is 1. The monoisotopic (exact) mass is 304 g/mol. The first-order valence-electron chi connectivity index (χ1n) is 5.90. The van der Waals surface area contributed by atoms with E-state index in [1.54, 1.807) is 20.8 Å². The van der Waals surface area contributed by atoms with Crippen molar-refractivity contribution in [3.63, 3.8) is 0 Å². The van der Waals surface area contributed by atoms with Gasteiger partial charge >= 0.3 is 12.1 Å². The summed E-state index contributed by atoms with van der Waals surface area (Å²) in [5.74, 6) is -0.959. The molecule has 0 amide bonds. The molecule has 2 rings (SSSR count). The molecule has 0 spiro atoms. The smallest absolute Gasteiger partial charge is 0.433 e. The lowest BCUT2D eigenvalue weighted by Gasteiger charge is -2.23. The summed E-state index contributed by atoms with van der Waals surface area (Å²) in [6.07, 6.45) is -0.663. The standard InChI is InChI=1S/C8H11F3N2.C5H4O3/c1-7(2,3)13-6(4-5-12-13)8(9,10)11;6-5(7)4-1-2-8-3-4/h4-5H,1-3H3;1-3H,(H,6,7). The molecule has 0 atom stereocenters. The number of carboxylic acids is 1. The van der Waals surface area contributed by atoms with E-state index >= 15 is 0 Å². The quantitative estimate of drug-likeness (QED) is 0.873. The number of carbonyl (C=O) groups is 1. The number of aromatic carboxylic acids is 1. The summed E-state index contributed by atoms with van der Waals surface area (Å²) in [4.78, 5) is 10.0. The van der Waals surface area contributed by atoms with Crippen molar-refractivity contribution in [2.75, 3.05) is 0 Å². The van der Waals surface area contributed by atoms with Crippen LogP contribution in [0, 0.1) is 0 Å². The van der Waals surface area contributed by atoms with E-state index in [0.717, 1.165) is 16.9 Å². The molecule has 8 heteroatoms. The normalized spacial score (nSPS) is 11.7.